The highest BCUT2D eigenvalue weighted by molar-refractivity contribution is 7.17. The van der Waals surface area contributed by atoms with Crippen molar-refractivity contribution in [2.75, 3.05) is 19.6 Å². The van der Waals surface area contributed by atoms with Crippen LogP contribution in [0.25, 0.3) is 10.4 Å². The van der Waals surface area contributed by atoms with Crippen molar-refractivity contribution in [1.29, 1.82) is 0 Å². The number of ether oxygens (including phenoxy) is 1. The molecule has 0 radical (unpaired) electrons. The first-order valence-corrected chi connectivity index (χ1v) is 11.6. The van der Waals surface area contributed by atoms with Gasteiger partial charge in [0.05, 0.1) is 4.88 Å². The molecule has 3 fully saturated rings. The van der Waals surface area contributed by atoms with E-state index >= 15 is 0 Å². The van der Waals surface area contributed by atoms with Crippen LogP contribution in [0.3, 0.4) is 0 Å². The molecule has 2 aromatic carbocycles. The predicted octanol–water partition coefficient (Wildman–Crippen LogP) is 4.96. The summed E-state index contributed by atoms with van der Waals surface area (Å²) in [4.78, 5) is 17.0. The molecule has 1 atom stereocenters. The van der Waals surface area contributed by atoms with Gasteiger partial charge in [0.15, 0.2) is 0 Å². The SMILES string of the molecule is O=C(N[C@H]1CN2CCC1CC2)c1ccc(-c2ccc(OCc3cccc(F)c3)cc2)s1. The molecule has 4 nitrogen and oxygen atoms in total. The van der Waals surface area contributed by atoms with Gasteiger partial charge in [0.25, 0.3) is 5.91 Å². The number of halogens is 1. The van der Waals surface area contributed by atoms with E-state index in [0.29, 0.717) is 12.5 Å². The Bertz CT molecular complexity index is 1060. The minimum atomic E-state index is -0.262. The van der Waals surface area contributed by atoms with Gasteiger partial charge in [-0.25, -0.2) is 4.39 Å². The standard InChI is InChI=1S/C25H25FN2O2S/c26-20-3-1-2-17(14-20)16-30-21-6-4-19(5-7-21)23-8-9-24(31-23)25(29)27-22-15-28-12-10-18(22)11-13-28/h1-9,14,18,22H,10-13,15-16H2,(H,27,29)/t22-/m0/s1. The summed E-state index contributed by atoms with van der Waals surface area (Å²) in [6, 6.07) is 18.4. The monoisotopic (exact) mass is 436 g/mol. The molecule has 0 spiro atoms. The molecule has 1 N–H and O–H groups in total. The molecule has 3 aromatic rings. The van der Waals surface area contributed by atoms with Gasteiger partial charge in [-0.3, -0.25) is 4.79 Å². The number of thiophene rings is 1. The molecule has 3 aliphatic heterocycles. The van der Waals surface area contributed by atoms with Crippen LogP contribution in [0.2, 0.25) is 0 Å². The maximum Gasteiger partial charge on any atom is 0.261 e. The molecule has 2 bridgehead atoms. The van der Waals surface area contributed by atoms with Gasteiger partial charge in [0, 0.05) is 17.5 Å². The normalized spacial score (nSPS) is 22.3. The molecular formula is C25H25FN2O2S. The molecule has 3 saturated heterocycles. The average Bonchev–Trinajstić information content (AvgIpc) is 3.30. The predicted molar refractivity (Wildman–Crippen MR) is 121 cm³/mol. The third kappa shape index (κ3) is 4.65. The van der Waals surface area contributed by atoms with Crippen LogP contribution >= 0.6 is 11.3 Å². The number of piperidine rings is 3. The van der Waals surface area contributed by atoms with Gasteiger partial charge >= 0.3 is 0 Å². The highest BCUT2D eigenvalue weighted by Crippen LogP contribution is 2.31. The van der Waals surface area contributed by atoms with E-state index in [0.717, 1.165) is 33.2 Å². The zero-order valence-corrected chi connectivity index (χ0v) is 18.0. The van der Waals surface area contributed by atoms with Crippen molar-refractivity contribution in [3.05, 3.63) is 76.9 Å². The van der Waals surface area contributed by atoms with Crippen LogP contribution < -0.4 is 10.1 Å². The van der Waals surface area contributed by atoms with Crippen molar-refractivity contribution in [3.63, 3.8) is 0 Å². The summed E-state index contributed by atoms with van der Waals surface area (Å²) in [5.41, 5.74) is 1.84. The molecule has 160 valence electrons. The van der Waals surface area contributed by atoms with E-state index in [1.165, 1.54) is 49.4 Å². The summed E-state index contributed by atoms with van der Waals surface area (Å²) in [6.07, 6.45) is 2.38. The van der Waals surface area contributed by atoms with Crippen molar-refractivity contribution < 1.29 is 13.9 Å². The summed E-state index contributed by atoms with van der Waals surface area (Å²) in [5, 5.41) is 3.26. The highest BCUT2D eigenvalue weighted by atomic mass is 32.1. The number of carbonyl (C=O) groups excluding carboxylic acids is 1. The molecule has 6 heteroatoms. The van der Waals surface area contributed by atoms with Crippen LogP contribution in [0.5, 0.6) is 5.75 Å². The fraction of sp³-hybridized carbons (Fsp3) is 0.320. The Balaban J connectivity index is 1.20. The molecular weight excluding hydrogens is 411 g/mol. The van der Waals surface area contributed by atoms with Gasteiger partial charge in [-0.15, -0.1) is 11.3 Å². The van der Waals surface area contributed by atoms with Crippen LogP contribution in [-0.2, 0) is 6.61 Å². The molecule has 4 heterocycles. The lowest BCUT2D eigenvalue weighted by Crippen LogP contribution is -2.57. The maximum absolute atomic E-state index is 13.3. The molecule has 0 saturated carbocycles. The first-order valence-electron chi connectivity index (χ1n) is 10.7. The minimum Gasteiger partial charge on any atom is -0.489 e. The van der Waals surface area contributed by atoms with E-state index in [4.69, 9.17) is 4.74 Å². The first-order chi connectivity index (χ1) is 15.1. The molecule has 3 aliphatic rings. The lowest BCUT2D eigenvalue weighted by Gasteiger charge is -2.44. The first kappa shape index (κ1) is 20.2. The number of nitrogens with zero attached hydrogens (tertiary/aromatic N) is 1. The number of hydrogen-bond acceptors (Lipinski definition) is 4. The summed E-state index contributed by atoms with van der Waals surface area (Å²) < 4.78 is 19.0. The third-order valence-electron chi connectivity index (χ3n) is 6.24. The van der Waals surface area contributed by atoms with Gasteiger partial charge in [0.2, 0.25) is 0 Å². The molecule has 1 amide bonds. The van der Waals surface area contributed by atoms with Crippen LogP contribution in [0.4, 0.5) is 4.39 Å². The topological polar surface area (TPSA) is 41.6 Å². The number of benzene rings is 2. The van der Waals surface area contributed by atoms with Crippen molar-refractivity contribution in [2.24, 2.45) is 5.92 Å². The summed E-state index contributed by atoms with van der Waals surface area (Å²) >= 11 is 1.51. The number of carbonyl (C=O) groups is 1. The number of fused-ring (bicyclic) bond motifs is 3. The van der Waals surface area contributed by atoms with Crippen molar-refractivity contribution in [1.82, 2.24) is 10.2 Å². The number of hydrogen-bond donors (Lipinski definition) is 1. The Morgan fingerprint density at radius 1 is 1.10 bits per heavy atom. The second-order valence-electron chi connectivity index (χ2n) is 8.32. The lowest BCUT2D eigenvalue weighted by atomic mass is 9.84. The van der Waals surface area contributed by atoms with Gasteiger partial charge in [-0.05, 0) is 91.5 Å². The fourth-order valence-electron chi connectivity index (χ4n) is 4.49. The van der Waals surface area contributed by atoms with E-state index in [1.54, 1.807) is 6.07 Å². The van der Waals surface area contributed by atoms with Crippen molar-refractivity contribution in [2.45, 2.75) is 25.5 Å². The summed E-state index contributed by atoms with van der Waals surface area (Å²) in [7, 11) is 0. The second kappa shape index (κ2) is 8.81. The zero-order valence-electron chi connectivity index (χ0n) is 17.2. The average molecular weight is 437 g/mol. The maximum atomic E-state index is 13.3. The molecule has 0 unspecified atom stereocenters. The quantitative estimate of drug-likeness (QED) is 0.594. The Morgan fingerprint density at radius 2 is 1.90 bits per heavy atom. The second-order valence-corrected chi connectivity index (χ2v) is 9.41. The Hall–Kier alpha value is -2.70. The Morgan fingerprint density at radius 3 is 2.61 bits per heavy atom. The van der Waals surface area contributed by atoms with E-state index in [9.17, 15) is 9.18 Å². The van der Waals surface area contributed by atoms with Gasteiger partial charge < -0.3 is 15.0 Å². The van der Waals surface area contributed by atoms with E-state index in [-0.39, 0.29) is 17.8 Å². The third-order valence-corrected chi connectivity index (χ3v) is 7.37. The molecule has 1 aromatic heterocycles. The largest absolute Gasteiger partial charge is 0.489 e. The molecule has 6 rings (SSSR count). The smallest absolute Gasteiger partial charge is 0.261 e. The van der Waals surface area contributed by atoms with Crippen molar-refractivity contribution >= 4 is 17.2 Å². The van der Waals surface area contributed by atoms with Crippen LogP contribution in [0.1, 0.15) is 28.1 Å². The van der Waals surface area contributed by atoms with E-state index < -0.39 is 0 Å². The van der Waals surface area contributed by atoms with Crippen LogP contribution in [0.15, 0.2) is 60.7 Å². The van der Waals surface area contributed by atoms with E-state index in [2.05, 4.69) is 10.2 Å². The molecule has 0 aliphatic carbocycles. The van der Waals surface area contributed by atoms with Crippen molar-refractivity contribution in [3.8, 4) is 16.2 Å². The number of nitrogens with one attached hydrogen (secondary N) is 1. The summed E-state index contributed by atoms with van der Waals surface area (Å²) in [5.74, 6) is 1.12. The van der Waals surface area contributed by atoms with E-state index in [1.807, 2.05) is 42.5 Å². The Kier molecular flexibility index (Phi) is 5.74. The van der Waals surface area contributed by atoms with Crippen LogP contribution in [0, 0.1) is 11.7 Å². The molecule has 31 heavy (non-hydrogen) atoms. The van der Waals surface area contributed by atoms with Gasteiger partial charge in [-0.2, -0.15) is 0 Å². The lowest BCUT2D eigenvalue weighted by molar-refractivity contribution is 0.0622. The zero-order chi connectivity index (χ0) is 21.2. The summed E-state index contributed by atoms with van der Waals surface area (Å²) in [6.45, 7) is 3.63. The highest BCUT2D eigenvalue weighted by Gasteiger charge is 2.35. The number of amides is 1. The fourth-order valence-corrected chi connectivity index (χ4v) is 5.41. The van der Waals surface area contributed by atoms with Gasteiger partial charge in [-0.1, -0.05) is 12.1 Å². The van der Waals surface area contributed by atoms with Crippen LogP contribution in [-0.4, -0.2) is 36.5 Å². The van der Waals surface area contributed by atoms with Gasteiger partial charge in [0.1, 0.15) is 18.2 Å². The minimum absolute atomic E-state index is 0.0325. The number of rotatable bonds is 6. The Labute approximate surface area is 185 Å².